The highest BCUT2D eigenvalue weighted by Gasteiger charge is 2.28. The average Bonchev–Trinajstić information content (AvgIpc) is 3.34. The molecule has 3 unspecified atom stereocenters. The molecule has 0 aromatic carbocycles. The van der Waals surface area contributed by atoms with Crippen molar-refractivity contribution in [2.45, 2.75) is 283 Å². The molecule has 8 nitrogen and oxygen atoms in total. The van der Waals surface area contributed by atoms with Crippen molar-refractivity contribution >= 4 is 13.7 Å². The quantitative estimate of drug-likeness (QED) is 0.0243. The van der Waals surface area contributed by atoms with E-state index < -0.39 is 20.0 Å². The van der Waals surface area contributed by atoms with E-state index in [1.54, 1.807) is 0 Å². The van der Waals surface area contributed by atoms with Crippen molar-refractivity contribution in [2.24, 2.45) is 0 Å². The fraction of sp³-hybridized carbons (Fsp3) is 0.794. The van der Waals surface area contributed by atoms with Crippen LogP contribution < -0.4 is 5.32 Å². The number of hydrogen-bond acceptors (Lipinski definition) is 5. The Balaban J connectivity index is 3.80. The normalized spacial score (nSPS) is 14.4. The van der Waals surface area contributed by atoms with Gasteiger partial charge in [0.2, 0.25) is 5.91 Å². The van der Waals surface area contributed by atoms with E-state index in [0.717, 1.165) is 77.0 Å². The molecular formula is C63H118N2O6P+. The second-order valence-electron chi connectivity index (χ2n) is 21.7. The van der Waals surface area contributed by atoms with E-state index in [1.807, 2.05) is 21.1 Å². The van der Waals surface area contributed by atoms with Gasteiger partial charge in [-0.05, 0) is 64.2 Å². The van der Waals surface area contributed by atoms with E-state index in [9.17, 15) is 19.4 Å². The molecule has 3 atom stereocenters. The zero-order valence-corrected chi connectivity index (χ0v) is 48.8. The number of phosphoric acid groups is 1. The number of nitrogens with zero attached hydrogens (tertiary/aromatic N) is 1. The molecule has 0 rings (SSSR count). The van der Waals surface area contributed by atoms with Gasteiger partial charge in [-0.15, -0.1) is 0 Å². The smallest absolute Gasteiger partial charge is 0.391 e. The highest BCUT2D eigenvalue weighted by atomic mass is 31.2. The number of likely N-dealkylation sites (N-methyl/N-ethyl adjacent to an activating group) is 1. The molecule has 72 heavy (non-hydrogen) atoms. The molecule has 3 N–H and O–H groups in total. The predicted octanol–water partition coefficient (Wildman–Crippen LogP) is 18.7. The van der Waals surface area contributed by atoms with Crippen LogP contribution >= 0.6 is 7.82 Å². The van der Waals surface area contributed by atoms with Gasteiger partial charge < -0.3 is 19.8 Å². The molecule has 0 heterocycles. The molecule has 0 saturated heterocycles. The van der Waals surface area contributed by atoms with Crippen LogP contribution in [0.5, 0.6) is 0 Å². The lowest BCUT2D eigenvalue weighted by Gasteiger charge is -2.26. The Labute approximate surface area is 446 Å². The molecule has 0 saturated carbocycles. The van der Waals surface area contributed by atoms with Crippen molar-refractivity contribution < 1.29 is 32.9 Å². The van der Waals surface area contributed by atoms with Crippen LogP contribution in [-0.4, -0.2) is 73.4 Å². The lowest BCUT2D eigenvalue weighted by Crippen LogP contribution is -2.46. The lowest BCUT2D eigenvalue weighted by atomic mass is 10.0. The van der Waals surface area contributed by atoms with Gasteiger partial charge in [0.25, 0.3) is 0 Å². The minimum absolute atomic E-state index is 0.0747. The number of rotatable bonds is 55. The number of aliphatic hydroxyl groups excluding tert-OH is 1. The molecule has 0 spiro atoms. The number of hydrogen-bond donors (Lipinski definition) is 3. The Kier molecular flexibility index (Phi) is 52.2. The third-order valence-electron chi connectivity index (χ3n) is 13.5. The molecular weight excluding hydrogens is 912 g/mol. The molecule has 0 aromatic heterocycles. The number of phosphoric ester groups is 1. The van der Waals surface area contributed by atoms with Gasteiger partial charge in [0.1, 0.15) is 13.2 Å². The molecule has 0 aliphatic rings. The van der Waals surface area contributed by atoms with E-state index in [0.29, 0.717) is 23.9 Å². The summed E-state index contributed by atoms with van der Waals surface area (Å²) < 4.78 is 23.7. The van der Waals surface area contributed by atoms with E-state index in [1.165, 1.54) is 167 Å². The van der Waals surface area contributed by atoms with E-state index in [2.05, 4.69) is 92.1 Å². The summed E-state index contributed by atoms with van der Waals surface area (Å²) in [7, 11) is 1.62. The fourth-order valence-electron chi connectivity index (χ4n) is 8.76. The summed E-state index contributed by atoms with van der Waals surface area (Å²) in [5.74, 6) is -0.144. The minimum atomic E-state index is -4.31. The monoisotopic (exact) mass is 1030 g/mol. The van der Waals surface area contributed by atoms with Gasteiger partial charge in [0.15, 0.2) is 0 Å². The molecule has 0 aliphatic carbocycles. The van der Waals surface area contributed by atoms with Gasteiger partial charge in [-0.1, -0.05) is 273 Å². The van der Waals surface area contributed by atoms with Crippen molar-refractivity contribution in [1.82, 2.24) is 5.32 Å². The summed E-state index contributed by atoms with van der Waals surface area (Å²) >= 11 is 0. The van der Waals surface area contributed by atoms with Crippen LogP contribution in [-0.2, 0) is 18.4 Å². The van der Waals surface area contributed by atoms with Gasteiger partial charge in [-0.3, -0.25) is 13.8 Å². The number of carbonyl (C=O) groups is 1. The van der Waals surface area contributed by atoms with Crippen molar-refractivity contribution in [3.8, 4) is 0 Å². The van der Waals surface area contributed by atoms with Crippen LogP contribution in [0.4, 0.5) is 0 Å². The Morgan fingerprint density at radius 2 is 0.833 bits per heavy atom. The van der Waals surface area contributed by atoms with Gasteiger partial charge in [-0.2, -0.15) is 0 Å². The number of aliphatic hydroxyl groups is 1. The maximum Gasteiger partial charge on any atom is 0.472 e. The molecule has 0 aromatic rings. The number of amides is 1. The maximum absolute atomic E-state index is 12.9. The first-order chi connectivity index (χ1) is 35.0. The van der Waals surface area contributed by atoms with Crippen LogP contribution in [0.15, 0.2) is 72.9 Å². The summed E-state index contributed by atoms with van der Waals surface area (Å²) in [6, 6.07) is -0.758. The average molecular weight is 1030 g/mol. The topological polar surface area (TPSA) is 105 Å². The first-order valence-electron chi connectivity index (χ1n) is 30.3. The van der Waals surface area contributed by atoms with E-state index in [4.69, 9.17) is 9.05 Å². The first kappa shape index (κ1) is 69.9. The molecule has 0 radical (unpaired) electrons. The minimum Gasteiger partial charge on any atom is -0.391 e. The first-order valence-corrected chi connectivity index (χ1v) is 31.8. The van der Waals surface area contributed by atoms with Gasteiger partial charge >= 0.3 is 7.82 Å². The largest absolute Gasteiger partial charge is 0.472 e. The third kappa shape index (κ3) is 55.7. The Morgan fingerprint density at radius 3 is 1.22 bits per heavy atom. The maximum atomic E-state index is 12.9. The van der Waals surface area contributed by atoms with Crippen molar-refractivity contribution in [1.29, 1.82) is 0 Å². The molecule has 0 aliphatic heterocycles. The second kappa shape index (κ2) is 53.8. The van der Waals surface area contributed by atoms with Crippen LogP contribution in [0.25, 0.3) is 0 Å². The summed E-state index contributed by atoms with van der Waals surface area (Å²) in [6.07, 6.45) is 74.3. The SMILES string of the molecule is CC/C=C\C/C=C\C/C=C\C/C=C\C/C=C\C/C=C\CCCCCCCCCCCCCCCCCCCCCCCCC(=O)NC(COP(=O)(O)OCC[N+](C)(C)C)C(O)CCCCCCCCCCC. The molecule has 9 heteroatoms. The molecule has 1 amide bonds. The highest BCUT2D eigenvalue weighted by Crippen LogP contribution is 2.43. The van der Waals surface area contributed by atoms with E-state index in [-0.39, 0.29) is 19.1 Å². The second-order valence-corrected chi connectivity index (χ2v) is 23.2. The van der Waals surface area contributed by atoms with E-state index >= 15 is 0 Å². The Bertz CT molecular complexity index is 1400. The predicted molar refractivity (Wildman–Crippen MR) is 313 cm³/mol. The molecule has 0 fully saturated rings. The number of quaternary nitrogens is 1. The number of carbonyl (C=O) groups excluding carboxylic acids is 1. The lowest BCUT2D eigenvalue weighted by molar-refractivity contribution is -0.870. The van der Waals surface area contributed by atoms with Crippen molar-refractivity contribution in [2.75, 3.05) is 40.9 Å². The zero-order chi connectivity index (χ0) is 52.7. The number of unbranched alkanes of at least 4 members (excludes halogenated alkanes) is 30. The zero-order valence-electron chi connectivity index (χ0n) is 47.9. The summed E-state index contributed by atoms with van der Waals surface area (Å²) in [6.45, 7) is 4.76. The van der Waals surface area contributed by atoms with Crippen LogP contribution in [0, 0.1) is 0 Å². The van der Waals surface area contributed by atoms with Gasteiger partial charge in [-0.25, -0.2) is 4.57 Å². The van der Waals surface area contributed by atoms with Crippen LogP contribution in [0.1, 0.15) is 271 Å². The highest BCUT2D eigenvalue weighted by molar-refractivity contribution is 7.47. The number of nitrogens with one attached hydrogen (secondary N) is 1. The summed E-state index contributed by atoms with van der Waals surface area (Å²) in [4.78, 5) is 23.2. The third-order valence-corrected chi connectivity index (χ3v) is 14.5. The summed E-state index contributed by atoms with van der Waals surface area (Å²) in [5, 5.41) is 14.0. The standard InChI is InChI=1S/C63H117N2O6P/c1-6-8-10-12-14-16-17-18-19-20-21-22-23-24-25-26-27-28-29-30-31-32-33-34-35-36-37-38-39-40-41-42-43-44-45-46-47-49-51-53-55-57-63(67)64-61(60-71-72(68,69)70-59-58-65(3,4)5)62(66)56-54-52-50-48-15-13-11-9-7-2/h8,10,14,16,18-19,21-22,24-25,27-28,61-62,66H,6-7,9,11-13,15,17,20,23,26,29-60H2,1-5H3,(H-,64,67,68,69)/p+1/b10-8-,16-14-,19-18-,22-21-,25-24-,28-27-. The van der Waals surface area contributed by atoms with Crippen molar-refractivity contribution in [3.63, 3.8) is 0 Å². The van der Waals surface area contributed by atoms with Crippen LogP contribution in [0.3, 0.4) is 0 Å². The van der Waals surface area contributed by atoms with Gasteiger partial charge in [0, 0.05) is 6.42 Å². The molecule has 420 valence electrons. The van der Waals surface area contributed by atoms with Crippen molar-refractivity contribution in [3.05, 3.63) is 72.9 Å². The van der Waals surface area contributed by atoms with Crippen LogP contribution in [0.2, 0.25) is 0 Å². The molecule has 0 bridgehead atoms. The fourth-order valence-corrected chi connectivity index (χ4v) is 9.49. The van der Waals surface area contributed by atoms with Gasteiger partial charge in [0.05, 0.1) is 39.9 Å². The number of allylic oxidation sites excluding steroid dienone is 12. The summed E-state index contributed by atoms with van der Waals surface area (Å²) in [5.41, 5.74) is 0. The Hall–Kier alpha value is -2.06. The Morgan fingerprint density at radius 1 is 0.486 bits per heavy atom.